The van der Waals surface area contributed by atoms with Gasteiger partial charge < -0.3 is 29.4 Å². The summed E-state index contributed by atoms with van der Waals surface area (Å²) in [5.74, 6) is 1.57. The zero-order valence-electron chi connectivity index (χ0n) is 22.4. The van der Waals surface area contributed by atoms with E-state index in [1.807, 2.05) is 54.6 Å². The predicted octanol–water partition coefficient (Wildman–Crippen LogP) is 6.88. The van der Waals surface area contributed by atoms with Gasteiger partial charge in [0.2, 0.25) is 0 Å². The minimum atomic E-state index is -0.584. The molecular weight excluding hydrogens is 588 g/mol. The van der Waals surface area contributed by atoms with Crippen molar-refractivity contribution in [2.24, 2.45) is 0 Å². The van der Waals surface area contributed by atoms with Gasteiger partial charge in [0, 0.05) is 5.69 Å². The number of nitrogens with one attached hydrogen (secondary N) is 1. The number of halogens is 1. The quantitative estimate of drug-likeness (QED) is 0.108. The number of nitrogens with zero attached hydrogens (tertiary/aromatic N) is 1. The lowest BCUT2D eigenvalue weighted by molar-refractivity contribution is -0.112. The smallest absolute Gasteiger partial charge is 0.266 e. The topological polar surface area (TPSA) is 110 Å². The molecular formula is C32H27BrN2O6. The Morgan fingerprint density at radius 1 is 0.878 bits per heavy atom. The summed E-state index contributed by atoms with van der Waals surface area (Å²) in [5.41, 5.74) is 2.80. The van der Waals surface area contributed by atoms with Gasteiger partial charge in [0.1, 0.15) is 30.6 Å². The molecule has 9 heteroatoms. The number of amides is 1. The summed E-state index contributed by atoms with van der Waals surface area (Å²) >= 11 is 3.52. The van der Waals surface area contributed by atoms with Crippen molar-refractivity contribution < 1.29 is 28.8 Å². The van der Waals surface area contributed by atoms with Crippen LogP contribution in [0, 0.1) is 11.3 Å². The van der Waals surface area contributed by atoms with Crippen LogP contribution in [0.2, 0.25) is 0 Å². The molecule has 41 heavy (non-hydrogen) atoms. The predicted molar refractivity (Wildman–Crippen MR) is 159 cm³/mol. The molecule has 2 N–H and O–H groups in total. The van der Waals surface area contributed by atoms with Crippen molar-refractivity contribution in [2.75, 3.05) is 19.5 Å². The van der Waals surface area contributed by atoms with E-state index in [2.05, 4.69) is 21.2 Å². The van der Waals surface area contributed by atoms with Gasteiger partial charge >= 0.3 is 0 Å². The van der Waals surface area contributed by atoms with Gasteiger partial charge in [-0.2, -0.15) is 5.26 Å². The average Bonchev–Trinajstić information content (AvgIpc) is 2.99. The molecule has 0 unspecified atom stereocenters. The fraction of sp³-hybridized carbons (Fsp3) is 0.125. The number of carbonyl (C=O) groups excluding carboxylic acids is 1. The second-order valence-corrected chi connectivity index (χ2v) is 9.61. The molecule has 1 amide bonds. The van der Waals surface area contributed by atoms with Crippen LogP contribution in [-0.4, -0.2) is 25.2 Å². The molecule has 0 heterocycles. The Bertz CT molecular complexity index is 1580. The molecule has 0 aliphatic carbocycles. The zero-order chi connectivity index (χ0) is 29.2. The van der Waals surface area contributed by atoms with Crippen molar-refractivity contribution in [3.63, 3.8) is 0 Å². The Morgan fingerprint density at radius 3 is 2.27 bits per heavy atom. The van der Waals surface area contributed by atoms with Crippen LogP contribution in [0.25, 0.3) is 6.08 Å². The summed E-state index contributed by atoms with van der Waals surface area (Å²) in [6, 6.07) is 26.7. The maximum Gasteiger partial charge on any atom is 0.266 e. The number of phenols is 1. The molecule has 0 radical (unpaired) electrons. The number of hydrogen-bond acceptors (Lipinski definition) is 7. The van der Waals surface area contributed by atoms with Crippen LogP contribution in [0.15, 0.2) is 95.0 Å². The highest BCUT2D eigenvalue weighted by Gasteiger charge is 2.15. The van der Waals surface area contributed by atoms with E-state index in [1.165, 1.54) is 37.5 Å². The first kappa shape index (κ1) is 29.1. The second-order valence-electron chi connectivity index (χ2n) is 8.75. The molecule has 0 saturated heterocycles. The van der Waals surface area contributed by atoms with Gasteiger partial charge in [0.25, 0.3) is 5.91 Å². The molecule has 0 aliphatic heterocycles. The highest BCUT2D eigenvalue weighted by atomic mass is 79.9. The molecule has 4 rings (SSSR count). The summed E-state index contributed by atoms with van der Waals surface area (Å²) in [4.78, 5) is 12.6. The molecule has 4 aromatic carbocycles. The van der Waals surface area contributed by atoms with E-state index in [0.717, 1.165) is 11.1 Å². The standard InChI is InChI=1S/C32H27BrN2O6/c1-38-29-16-22(8-13-28(29)40-19-21-6-4-3-5-7-21)20-41-31-27(33)15-23(17-30(31)39-2)14-24(18-34)32(37)35-25-9-11-26(36)12-10-25/h3-17,36H,19-20H2,1-2H3,(H,35,37)/b24-14+. The van der Waals surface area contributed by atoms with Crippen molar-refractivity contribution in [2.45, 2.75) is 13.2 Å². The van der Waals surface area contributed by atoms with Crippen LogP contribution in [0.5, 0.6) is 28.7 Å². The summed E-state index contributed by atoms with van der Waals surface area (Å²) in [5, 5.41) is 21.6. The Labute approximate surface area is 246 Å². The minimum absolute atomic E-state index is 0.0716. The van der Waals surface area contributed by atoms with E-state index in [1.54, 1.807) is 19.2 Å². The molecule has 8 nitrogen and oxygen atoms in total. The highest BCUT2D eigenvalue weighted by molar-refractivity contribution is 9.10. The number of rotatable bonds is 11. The van der Waals surface area contributed by atoms with Crippen LogP contribution in [0.4, 0.5) is 5.69 Å². The normalized spacial score (nSPS) is 10.8. The number of hydrogen-bond donors (Lipinski definition) is 2. The monoisotopic (exact) mass is 614 g/mol. The van der Waals surface area contributed by atoms with Gasteiger partial charge in [0.15, 0.2) is 23.0 Å². The third-order valence-electron chi connectivity index (χ3n) is 5.90. The van der Waals surface area contributed by atoms with E-state index in [9.17, 15) is 15.2 Å². The van der Waals surface area contributed by atoms with E-state index in [-0.39, 0.29) is 17.9 Å². The first-order chi connectivity index (χ1) is 19.9. The molecule has 0 spiro atoms. The number of nitriles is 1. The van der Waals surface area contributed by atoms with Crippen LogP contribution in [0.1, 0.15) is 16.7 Å². The lowest BCUT2D eigenvalue weighted by Gasteiger charge is -2.15. The summed E-state index contributed by atoms with van der Waals surface area (Å²) < 4.78 is 23.7. The van der Waals surface area contributed by atoms with Gasteiger partial charge in [-0.25, -0.2) is 0 Å². The van der Waals surface area contributed by atoms with Crippen molar-refractivity contribution in [1.82, 2.24) is 0 Å². The molecule has 0 atom stereocenters. The van der Waals surface area contributed by atoms with E-state index >= 15 is 0 Å². The Balaban J connectivity index is 1.46. The van der Waals surface area contributed by atoms with Crippen LogP contribution < -0.4 is 24.3 Å². The Kier molecular flexibility index (Phi) is 9.86. The van der Waals surface area contributed by atoms with Gasteiger partial charge in [-0.15, -0.1) is 0 Å². The summed E-state index contributed by atoms with van der Waals surface area (Å²) in [6.45, 7) is 0.641. The maximum atomic E-state index is 12.6. The number of benzene rings is 4. The Hall–Kier alpha value is -4.94. The first-order valence-electron chi connectivity index (χ1n) is 12.5. The lowest BCUT2D eigenvalue weighted by atomic mass is 10.1. The van der Waals surface area contributed by atoms with Crippen LogP contribution >= 0.6 is 15.9 Å². The average molecular weight is 615 g/mol. The number of phenolic OH excluding ortho intramolecular Hbond substituents is 1. The third kappa shape index (κ3) is 7.81. The SMILES string of the molecule is COc1cc(COc2c(Br)cc(/C=C(\C#N)C(=O)Nc3ccc(O)cc3)cc2OC)ccc1OCc1ccccc1. The maximum absolute atomic E-state index is 12.6. The fourth-order valence-corrected chi connectivity index (χ4v) is 4.41. The first-order valence-corrected chi connectivity index (χ1v) is 13.3. The third-order valence-corrected chi connectivity index (χ3v) is 6.49. The number of ether oxygens (including phenoxy) is 4. The number of methoxy groups -OCH3 is 2. The minimum Gasteiger partial charge on any atom is -0.508 e. The molecule has 0 fully saturated rings. The molecule has 208 valence electrons. The molecule has 0 saturated carbocycles. The number of anilines is 1. The van der Waals surface area contributed by atoms with Crippen molar-refractivity contribution >= 4 is 33.6 Å². The molecule has 0 bridgehead atoms. The van der Waals surface area contributed by atoms with Crippen molar-refractivity contribution in [3.8, 4) is 34.8 Å². The number of aromatic hydroxyl groups is 1. The van der Waals surface area contributed by atoms with Gasteiger partial charge in [0.05, 0.1) is 18.7 Å². The van der Waals surface area contributed by atoms with Crippen LogP contribution in [0.3, 0.4) is 0 Å². The van der Waals surface area contributed by atoms with Crippen molar-refractivity contribution in [3.05, 3.63) is 112 Å². The van der Waals surface area contributed by atoms with E-state index in [0.29, 0.717) is 45.3 Å². The van der Waals surface area contributed by atoms with Crippen LogP contribution in [-0.2, 0) is 18.0 Å². The second kappa shape index (κ2) is 13.9. The lowest BCUT2D eigenvalue weighted by Crippen LogP contribution is -2.13. The fourth-order valence-electron chi connectivity index (χ4n) is 3.83. The van der Waals surface area contributed by atoms with Gasteiger partial charge in [-0.05, 0) is 87.2 Å². The zero-order valence-corrected chi connectivity index (χ0v) is 24.0. The largest absolute Gasteiger partial charge is 0.508 e. The highest BCUT2D eigenvalue weighted by Crippen LogP contribution is 2.38. The molecule has 0 aliphatic rings. The van der Waals surface area contributed by atoms with Gasteiger partial charge in [-0.3, -0.25) is 4.79 Å². The van der Waals surface area contributed by atoms with Crippen molar-refractivity contribution in [1.29, 1.82) is 5.26 Å². The molecule has 4 aromatic rings. The molecule has 0 aromatic heterocycles. The summed E-state index contributed by atoms with van der Waals surface area (Å²) in [6.07, 6.45) is 1.45. The Morgan fingerprint density at radius 2 is 1.59 bits per heavy atom. The number of carbonyl (C=O) groups is 1. The summed E-state index contributed by atoms with van der Waals surface area (Å²) in [7, 11) is 3.09. The van der Waals surface area contributed by atoms with E-state index in [4.69, 9.17) is 18.9 Å². The van der Waals surface area contributed by atoms with E-state index < -0.39 is 5.91 Å². The van der Waals surface area contributed by atoms with Gasteiger partial charge in [-0.1, -0.05) is 36.4 Å².